The van der Waals surface area contributed by atoms with Gasteiger partial charge in [0.25, 0.3) is 0 Å². The molecule has 0 spiro atoms. The Hall–Kier alpha value is -1.86. The largest absolute Gasteiger partial charge is 0.495 e. The molecule has 1 aromatic rings. The van der Waals surface area contributed by atoms with Crippen molar-refractivity contribution < 1.29 is 17.9 Å². The van der Waals surface area contributed by atoms with E-state index in [1.807, 2.05) is 4.90 Å². The second-order valence-electron chi connectivity index (χ2n) is 8.40. The van der Waals surface area contributed by atoms with E-state index in [9.17, 15) is 13.2 Å². The van der Waals surface area contributed by atoms with Crippen LogP contribution in [0.25, 0.3) is 6.08 Å². The van der Waals surface area contributed by atoms with Gasteiger partial charge in [-0.2, -0.15) is 4.31 Å². The third kappa shape index (κ3) is 5.20. The summed E-state index contributed by atoms with van der Waals surface area (Å²) in [5.74, 6) is 1.30. The Morgan fingerprint density at radius 3 is 2.38 bits per heavy atom. The van der Waals surface area contributed by atoms with Gasteiger partial charge in [-0.15, -0.1) is 0 Å². The molecule has 7 heteroatoms. The fraction of sp³-hybridized carbons (Fsp3) is 0.591. The number of benzene rings is 1. The van der Waals surface area contributed by atoms with Crippen molar-refractivity contribution in [2.45, 2.75) is 44.4 Å². The van der Waals surface area contributed by atoms with Gasteiger partial charge in [-0.1, -0.05) is 26.3 Å². The summed E-state index contributed by atoms with van der Waals surface area (Å²) in [6.07, 6.45) is 7.20. The highest BCUT2D eigenvalue weighted by atomic mass is 32.2. The number of nitrogens with zero attached hydrogens (tertiary/aromatic N) is 2. The summed E-state index contributed by atoms with van der Waals surface area (Å²) in [6.45, 7) is 6.95. The molecular formula is C22H32N2O4S. The maximum absolute atomic E-state index is 13.1. The van der Waals surface area contributed by atoms with Crippen molar-refractivity contribution in [3.63, 3.8) is 0 Å². The molecule has 0 aliphatic carbocycles. The van der Waals surface area contributed by atoms with Crippen LogP contribution in [0.1, 0.15) is 45.1 Å². The topological polar surface area (TPSA) is 66.9 Å². The molecule has 0 bridgehead atoms. The number of carbonyl (C=O) groups is 1. The van der Waals surface area contributed by atoms with Crippen LogP contribution in [0.5, 0.6) is 5.75 Å². The smallest absolute Gasteiger partial charge is 0.246 e. The number of sulfonamides is 1. The highest BCUT2D eigenvalue weighted by Crippen LogP contribution is 2.30. The molecule has 2 fully saturated rings. The van der Waals surface area contributed by atoms with Gasteiger partial charge >= 0.3 is 0 Å². The number of piperidine rings is 2. The number of hydrogen-bond donors (Lipinski definition) is 0. The number of carbonyl (C=O) groups excluding carboxylic acids is 1. The van der Waals surface area contributed by atoms with Crippen molar-refractivity contribution in [3.8, 4) is 5.75 Å². The third-order valence-corrected chi connectivity index (χ3v) is 7.64. The van der Waals surface area contributed by atoms with Crippen LogP contribution in [0.4, 0.5) is 0 Å². The average molecular weight is 421 g/mol. The first-order valence-electron chi connectivity index (χ1n) is 10.5. The van der Waals surface area contributed by atoms with Crippen molar-refractivity contribution >= 4 is 22.0 Å². The molecule has 0 aromatic heterocycles. The molecule has 2 unspecified atom stereocenters. The third-order valence-electron chi connectivity index (χ3n) is 5.72. The van der Waals surface area contributed by atoms with Gasteiger partial charge in [-0.05, 0) is 54.9 Å². The first-order valence-corrected chi connectivity index (χ1v) is 11.9. The van der Waals surface area contributed by atoms with Crippen molar-refractivity contribution in [1.82, 2.24) is 9.21 Å². The van der Waals surface area contributed by atoms with E-state index in [2.05, 4.69) is 13.8 Å². The predicted molar refractivity (Wildman–Crippen MR) is 114 cm³/mol. The lowest BCUT2D eigenvalue weighted by Gasteiger charge is -2.34. The molecule has 2 atom stereocenters. The van der Waals surface area contributed by atoms with E-state index in [1.54, 1.807) is 30.4 Å². The maximum Gasteiger partial charge on any atom is 0.246 e. The van der Waals surface area contributed by atoms with Gasteiger partial charge in [0.15, 0.2) is 0 Å². The quantitative estimate of drug-likeness (QED) is 0.685. The number of rotatable bonds is 5. The molecule has 0 N–H and O–H groups in total. The van der Waals surface area contributed by atoms with E-state index in [0.29, 0.717) is 36.2 Å². The van der Waals surface area contributed by atoms with E-state index in [1.165, 1.54) is 11.4 Å². The molecule has 6 nitrogen and oxygen atoms in total. The normalized spacial score (nSPS) is 24.0. The Morgan fingerprint density at radius 2 is 1.76 bits per heavy atom. The lowest BCUT2D eigenvalue weighted by molar-refractivity contribution is -0.128. The van der Waals surface area contributed by atoms with Crippen LogP contribution in [0, 0.1) is 11.8 Å². The van der Waals surface area contributed by atoms with Crippen molar-refractivity contribution in [3.05, 3.63) is 29.8 Å². The molecule has 2 aliphatic heterocycles. The second kappa shape index (κ2) is 9.30. The van der Waals surface area contributed by atoms with Gasteiger partial charge in [0.2, 0.25) is 15.9 Å². The minimum atomic E-state index is -3.62. The second-order valence-corrected chi connectivity index (χ2v) is 10.3. The Balaban J connectivity index is 1.81. The Kier molecular flexibility index (Phi) is 7.01. The molecule has 29 heavy (non-hydrogen) atoms. The molecule has 1 aromatic carbocycles. The summed E-state index contributed by atoms with van der Waals surface area (Å²) in [5, 5.41) is 0. The molecular weight excluding hydrogens is 388 g/mol. The van der Waals surface area contributed by atoms with Crippen molar-refractivity contribution in [2.75, 3.05) is 33.3 Å². The monoisotopic (exact) mass is 420 g/mol. The summed E-state index contributed by atoms with van der Waals surface area (Å²) < 4.78 is 33.1. The summed E-state index contributed by atoms with van der Waals surface area (Å²) in [5.41, 5.74) is 0.674. The fourth-order valence-electron chi connectivity index (χ4n) is 4.36. The van der Waals surface area contributed by atoms with Crippen LogP contribution >= 0.6 is 0 Å². The van der Waals surface area contributed by atoms with Gasteiger partial charge < -0.3 is 9.64 Å². The molecule has 2 saturated heterocycles. The number of ether oxygens (including phenoxy) is 1. The average Bonchev–Trinajstić information content (AvgIpc) is 2.71. The molecule has 3 rings (SSSR count). The van der Waals surface area contributed by atoms with E-state index >= 15 is 0 Å². The van der Waals surface area contributed by atoms with E-state index < -0.39 is 10.0 Å². The SMILES string of the molecule is COc1ccc(/C=C/C(=O)N2CC(C)CC(C)C2)cc1S(=O)(=O)N1CCCCC1. The molecule has 2 heterocycles. The lowest BCUT2D eigenvalue weighted by atomic mass is 9.92. The summed E-state index contributed by atoms with van der Waals surface area (Å²) >= 11 is 0. The zero-order valence-corrected chi connectivity index (χ0v) is 18.5. The summed E-state index contributed by atoms with van der Waals surface area (Å²) in [7, 11) is -2.15. The minimum Gasteiger partial charge on any atom is -0.495 e. The van der Waals surface area contributed by atoms with Gasteiger partial charge in [0.1, 0.15) is 10.6 Å². The first kappa shape index (κ1) is 21.8. The Labute approximate surface area is 174 Å². The minimum absolute atomic E-state index is 0.0281. The standard InChI is InChI=1S/C22H32N2O4S/c1-17-13-18(2)16-23(15-17)22(25)10-8-19-7-9-20(28-3)21(14-19)29(26,27)24-11-5-4-6-12-24/h7-10,14,17-18H,4-6,11-13,15-16H2,1-3H3/b10-8+. The summed E-state index contributed by atoms with van der Waals surface area (Å²) in [4.78, 5) is 14.6. The first-order chi connectivity index (χ1) is 13.8. The lowest BCUT2D eigenvalue weighted by Crippen LogP contribution is -2.41. The van der Waals surface area contributed by atoms with Gasteiger partial charge in [-0.3, -0.25) is 4.79 Å². The number of likely N-dealkylation sites (tertiary alicyclic amines) is 1. The van der Waals surface area contributed by atoms with Gasteiger partial charge in [-0.25, -0.2) is 8.42 Å². The van der Waals surface area contributed by atoms with Gasteiger partial charge in [0.05, 0.1) is 7.11 Å². The maximum atomic E-state index is 13.1. The number of methoxy groups -OCH3 is 1. The fourth-order valence-corrected chi connectivity index (χ4v) is 6.07. The van der Waals surface area contributed by atoms with Crippen LogP contribution in [0.15, 0.2) is 29.2 Å². The van der Waals surface area contributed by atoms with E-state index in [0.717, 1.165) is 38.8 Å². The van der Waals surface area contributed by atoms with Crippen LogP contribution in [0.3, 0.4) is 0 Å². The zero-order chi connectivity index (χ0) is 21.0. The molecule has 0 radical (unpaired) electrons. The van der Waals surface area contributed by atoms with Crippen LogP contribution in [0.2, 0.25) is 0 Å². The molecule has 0 saturated carbocycles. The van der Waals surface area contributed by atoms with Crippen LogP contribution in [-0.2, 0) is 14.8 Å². The van der Waals surface area contributed by atoms with Crippen molar-refractivity contribution in [1.29, 1.82) is 0 Å². The Morgan fingerprint density at radius 1 is 1.10 bits per heavy atom. The van der Waals surface area contributed by atoms with E-state index in [-0.39, 0.29) is 10.8 Å². The predicted octanol–water partition coefficient (Wildman–Crippen LogP) is 3.39. The van der Waals surface area contributed by atoms with Crippen LogP contribution in [-0.4, -0.2) is 56.8 Å². The van der Waals surface area contributed by atoms with E-state index in [4.69, 9.17) is 4.74 Å². The summed E-state index contributed by atoms with van der Waals surface area (Å²) in [6, 6.07) is 5.04. The van der Waals surface area contributed by atoms with Crippen molar-refractivity contribution in [2.24, 2.45) is 11.8 Å². The van der Waals surface area contributed by atoms with Crippen LogP contribution < -0.4 is 4.74 Å². The highest BCUT2D eigenvalue weighted by Gasteiger charge is 2.29. The molecule has 160 valence electrons. The van der Waals surface area contributed by atoms with Gasteiger partial charge in [0, 0.05) is 32.3 Å². The number of amides is 1. The zero-order valence-electron chi connectivity index (χ0n) is 17.6. The Bertz CT molecular complexity index is 850. The number of hydrogen-bond acceptors (Lipinski definition) is 4. The highest BCUT2D eigenvalue weighted by molar-refractivity contribution is 7.89. The molecule has 2 aliphatic rings. The molecule has 1 amide bonds.